The average Bonchev–Trinajstić information content (AvgIpc) is 3.22. The number of carbonyl (C=O) groups is 1. The van der Waals surface area contributed by atoms with E-state index in [1.807, 2.05) is 17.0 Å². The molecule has 1 N–H and O–H groups in total. The van der Waals surface area contributed by atoms with Crippen LogP contribution in [0.5, 0.6) is 5.75 Å². The van der Waals surface area contributed by atoms with E-state index in [9.17, 15) is 28.4 Å². The number of nitrogens with one attached hydrogen (secondary N) is 1. The number of benzene rings is 1. The summed E-state index contributed by atoms with van der Waals surface area (Å²) in [6.07, 6.45) is -1.09. The molecule has 2 aromatic heterocycles. The minimum atomic E-state index is -4.96. The molecule has 0 saturated carbocycles. The fourth-order valence-corrected chi connectivity index (χ4v) is 3.88. The number of ether oxygens (including phenoxy) is 2. The molecule has 0 radical (unpaired) electrons. The largest absolute Gasteiger partial charge is 0.739 e. The van der Waals surface area contributed by atoms with Crippen molar-refractivity contribution in [3.63, 3.8) is 0 Å². The lowest BCUT2D eigenvalue weighted by atomic mass is 10.2. The lowest BCUT2D eigenvalue weighted by Gasteiger charge is -2.14. The Kier molecular flexibility index (Phi) is 7.28. The number of hydrogen-bond donors (Lipinski definition) is 1. The second-order valence-corrected chi connectivity index (χ2v) is 8.46. The van der Waals surface area contributed by atoms with Crippen molar-refractivity contribution in [3.8, 4) is 5.75 Å². The highest BCUT2D eigenvalue weighted by molar-refractivity contribution is 9.10. The fraction of sp³-hybridized carbons (Fsp3) is 0.286. The second-order valence-electron chi connectivity index (χ2n) is 7.64. The first kappa shape index (κ1) is 25.2. The average molecular weight is 571 g/mol. The van der Waals surface area contributed by atoms with Crippen LogP contribution in [-0.2, 0) is 16.1 Å². The summed E-state index contributed by atoms with van der Waals surface area (Å²) in [5.41, 5.74) is 0.379. The molecule has 1 aliphatic heterocycles. The third kappa shape index (κ3) is 6.41. The second kappa shape index (κ2) is 10.4. The number of anilines is 1. The number of rotatable bonds is 8. The van der Waals surface area contributed by atoms with Crippen LogP contribution >= 0.6 is 15.9 Å². The summed E-state index contributed by atoms with van der Waals surface area (Å²) in [6.45, 7) is 1.23. The summed E-state index contributed by atoms with van der Waals surface area (Å²) in [6, 6.07) is 6.44. The predicted octanol–water partition coefficient (Wildman–Crippen LogP) is 2.65. The Balaban J connectivity index is 1.32. The van der Waals surface area contributed by atoms with Gasteiger partial charge in [-0.25, -0.2) is 9.71 Å². The van der Waals surface area contributed by atoms with Crippen molar-refractivity contribution in [2.45, 2.75) is 25.7 Å². The van der Waals surface area contributed by atoms with Gasteiger partial charge in [0.05, 0.1) is 19.0 Å². The molecule has 0 aliphatic carbocycles. The monoisotopic (exact) mass is 570 g/mol. The number of aromatic nitrogens is 4. The van der Waals surface area contributed by atoms with Gasteiger partial charge in [-0.15, -0.1) is 13.2 Å². The van der Waals surface area contributed by atoms with Gasteiger partial charge in [-0.3, -0.25) is 10.1 Å². The number of esters is 1. The standard InChI is InChI=1S/C21H18BrF3N6O5/c22-18-9-13(3-6-26-18)11-29-8-5-15(12-29)35-19(32)4-7-27-20-28-31(34)17-10-14(36-21(23,24)25)1-2-16(17)30(20)33/h1-3,6,9-10,12H,4-5,7-8,11H2,(H,27,28). The van der Waals surface area contributed by atoms with Gasteiger partial charge in [0.2, 0.25) is 5.10 Å². The SMILES string of the molecule is O=C(CCNc1n[n+]([O-])c2cc(OC(F)(F)F)ccc2[n+]1[O-])OC1=CN(Cc2ccnc(Br)c2)CC1. The molecule has 4 rings (SSSR count). The number of carbonyl (C=O) groups excluding carboxylic acids is 1. The van der Waals surface area contributed by atoms with E-state index >= 15 is 0 Å². The Morgan fingerprint density at radius 2 is 2.03 bits per heavy atom. The van der Waals surface area contributed by atoms with Gasteiger partial charge in [0.25, 0.3) is 0 Å². The molecule has 0 bridgehead atoms. The van der Waals surface area contributed by atoms with E-state index in [0.717, 1.165) is 28.4 Å². The van der Waals surface area contributed by atoms with Gasteiger partial charge < -0.3 is 24.8 Å². The smallest absolute Gasteiger partial charge is 0.573 e. The molecule has 1 aromatic carbocycles. The summed E-state index contributed by atoms with van der Waals surface area (Å²) in [7, 11) is 0. The van der Waals surface area contributed by atoms with Crippen LogP contribution in [0.2, 0.25) is 0 Å². The number of halogens is 4. The van der Waals surface area contributed by atoms with E-state index in [4.69, 9.17) is 4.74 Å². The first-order valence-corrected chi connectivity index (χ1v) is 11.3. The zero-order valence-electron chi connectivity index (χ0n) is 18.4. The molecule has 0 fully saturated rings. The molecule has 190 valence electrons. The number of fused-ring (bicyclic) bond motifs is 1. The van der Waals surface area contributed by atoms with Gasteiger partial charge in [0, 0.05) is 36.8 Å². The molecule has 3 aromatic rings. The van der Waals surface area contributed by atoms with Crippen LogP contribution in [0.3, 0.4) is 0 Å². The molecule has 0 spiro atoms. The number of nitrogens with zero attached hydrogens (tertiary/aromatic N) is 5. The Morgan fingerprint density at radius 3 is 2.78 bits per heavy atom. The minimum Gasteiger partial charge on any atom is -0.739 e. The van der Waals surface area contributed by atoms with Gasteiger partial charge >= 0.3 is 23.8 Å². The van der Waals surface area contributed by atoms with Gasteiger partial charge in [0.15, 0.2) is 5.52 Å². The van der Waals surface area contributed by atoms with Crippen molar-refractivity contribution in [1.29, 1.82) is 0 Å². The van der Waals surface area contributed by atoms with Crippen LogP contribution in [0.4, 0.5) is 19.1 Å². The number of pyridine rings is 1. The molecule has 1 aliphatic rings. The Hall–Kier alpha value is -3.88. The maximum atomic E-state index is 12.5. The maximum Gasteiger partial charge on any atom is 0.573 e. The topological polar surface area (TPSA) is 130 Å². The Bertz CT molecular complexity index is 1320. The van der Waals surface area contributed by atoms with Gasteiger partial charge in [-0.1, -0.05) is 0 Å². The van der Waals surface area contributed by atoms with E-state index in [1.54, 1.807) is 12.4 Å². The van der Waals surface area contributed by atoms with Crippen molar-refractivity contribution in [2.24, 2.45) is 0 Å². The van der Waals surface area contributed by atoms with Crippen LogP contribution < -0.4 is 19.6 Å². The Labute approximate surface area is 210 Å². The van der Waals surface area contributed by atoms with Crippen molar-refractivity contribution >= 4 is 38.9 Å². The molecule has 36 heavy (non-hydrogen) atoms. The van der Waals surface area contributed by atoms with Crippen LogP contribution in [0.1, 0.15) is 18.4 Å². The van der Waals surface area contributed by atoms with E-state index in [0.29, 0.717) is 25.3 Å². The zero-order chi connectivity index (χ0) is 25.9. The quantitative estimate of drug-likeness (QED) is 0.188. The van der Waals surface area contributed by atoms with Crippen LogP contribution in [0, 0.1) is 10.4 Å². The fourth-order valence-electron chi connectivity index (χ4n) is 3.46. The van der Waals surface area contributed by atoms with Gasteiger partial charge in [-0.05, 0) is 45.8 Å². The first-order chi connectivity index (χ1) is 17.1. The summed E-state index contributed by atoms with van der Waals surface area (Å²) < 4.78 is 47.3. The maximum absolute atomic E-state index is 12.5. The first-order valence-electron chi connectivity index (χ1n) is 10.5. The molecular weight excluding hydrogens is 553 g/mol. The number of alkyl halides is 3. The van der Waals surface area contributed by atoms with Crippen molar-refractivity contribution in [3.05, 3.63) is 69.1 Å². The van der Waals surface area contributed by atoms with E-state index < -0.39 is 29.5 Å². The molecule has 0 amide bonds. The molecular formula is C21H18BrF3N6O5. The van der Waals surface area contributed by atoms with Crippen LogP contribution in [0.25, 0.3) is 11.0 Å². The normalized spacial score (nSPS) is 13.6. The third-order valence-corrected chi connectivity index (χ3v) is 5.42. The van der Waals surface area contributed by atoms with Gasteiger partial charge in [-0.2, -0.15) is 0 Å². The van der Waals surface area contributed by atoms with E-state index in [1.165, 1.54) is 0 Å². The van der Waals surface area contributed by atoms with E-state index in [2.05, 4.69) is 36.1 Å². The molecule has 0 saturated heterocycles. The highest BCUT2D eigenvalue weighted by atomic mass is 79.9. The van der Waals surface area contributed by atoms with Crippen LogP contribution in [-0.4, -0.2) is 40.4 Å². The molecule has 0 atom stereocenters. The van der Waals surface area contributed by atoms with Crippen LogP contribution in [0.15, 0.2) is 53.1 Å². The number of hydrogen-bond acceptors (Lipinski definition) is 9. The lowest BCUT2D eigenvalue weighted by molar-refractivity contribution is -0.672. The third-order valence-electron chi connectivity index (χ3n) is 4.99. The molecule has 3 heterocycles. The molecule has 15 heteroatoms. The summed E-state index contributed by atoms with van der Waals surface area (Å²) in [5, 5.41) is 30.7. The van der Waals surface area contributed by atoms with Crippen molar-refractivity contribution in [1.82, 2.24) is 15.0 Å². The lowest BCUT2D eigenvalue weighted by Crippen LogP contribution is -2.44. The zero-order valence-corrected chi connectivity index (χ0v) is 20.0. The highest BCUT2D eigenvalue weighted by Crippen LogP contribution is 2.24. The van der Waals surface area contributed by atoms with E-state index in [-0.39, 0.29) is 28.1 Å². The molecule has 11 nitrogen and oxygen atoms in total. The summed E-state index contributed by atoms with van der Waals surface area (Å²) in [4.78, 5) is 18.3. The minimum absolute atomic E-state index is 0.00706. The highest BCUT2D eigenvalue weighted by Gasteiger charge is 2.32. The summed E-state index contributed by atoms with van der Waals surface area (Å²) >= 11 is 3.32. The molecule has 0 unspecified atom stereocenters. The Morgan fingerprint density at radius 1 is 1.22 bits per heavy atom. The predicted molar refractivity (Wildman–Crippen MR) is 121 cm³/mol. The van der Waals surface area contributed by atoms with Crippen molar-refractivity contribution < 1.29 is 37.0 Å². The van der Waals surface area contributed by atoms with Crippen molar-refractivity contribution in [2.75, 3.05) is 18.4 Å². The summed E-state index contributed by atoms with van der Waals surface area (Å²) in [5.74, 6) is -1.14. The van der Waals surface area contributed by atoms with Gasteiger partial charge in [0.1, 0.15) is 16.1 Å².